The zero-order valence-electron chi connectivity index (χ0n) is 9.87. The highest BCUT2D eigenvalue weighted by Crippen LogP contribution is 2.31. The fraction of sp³-hybridized carbons (Fsp3) is 0.0769. The van der Waals surface area contributed by atoms with E-state index in [9.17, 15) is 0 Å². The number of aromatic nitrogens is 3. The topological polar surface area (TPSA) is 56.2 Å². The largest absolute Gasteiger partial charge is 0.398 e. The maximum atomic E-state index is 6.00. The van der Waals surface area contributed by atoms with Crippen LogP contribution >= 0.6 is 11.8 Å². The molecule has 0 spiro atoms. The molecule has 0 saturated heterocycles. The maximum Gasteiger partial charge on any atom is 0.200 e. The lowest BCUT2D eigenvalue weighted by Crippen LogP contribution is -1.91. The fourth-order valence-electron chi connectivity index (χ4n) is 1.75. The smallest absolute Gasteiger partial charge is 0.200 e. The van der Waals surface area contributed by atoms with Gasteiger partial charge in [-0.3, -0.25) is 4.40 Å². The van der Waals surface area contributed by atoms with Crippen LogP contribution in [0.2, 0.25) is 0 Å². The number of fused-ring (bicyclic) bond motifs is 1. The average Bonchev–Trinajstić information content (AvgIpc) is 2.76. The molecule has 4 nitrogen and oxygen atoms in total. The summed E-state index contributed by atoms with van der Waals surface area (Å²) in [7, 11) is 0. The van der Waals surface area contributed by atoms with Crippen molar-refractivity contribution in [2.24, 2.45) is 0 Å². The highest BCUT2D eigenvalue weighted by molar-refractivity contribution is 7.99. The van der Waals surface area contributed by atoms with Crippen LogP contribution in [0, 0.1) is 6.92 Å². The Kier molecular flexibility index (Phi) is 2.68. The quantitative estimate of drug-likeness (QED) is 0.716. The summed E-state index contributed by atoms with van der Waals surface area (Å²) in [5, 5.41) is 9.11. The Bertz CT molecular complexity index is 705. The molecule has 2 heterocycles. The molecule has 2 aromatic heterocycles. The number of nitrogens with zero attached hydrogens (tertiary/aromatic N) is 3. The van der Waals surface area contributed by atoms with Crippen molar-refractivity contribution < 1.29 is 0 Å². The van der Waals surface area contributed by atoms with Gasteiger partial charge in [-0.2, -0.15) is 0 Å². The highest BCUT2D eigenvalue weighted by atomic mass is 32.2. The van der Waals surface area contributed by atoms with Crippen molar-refractivity contribution in [3.63, 3.8) is 0 Å². The van der Waals surface area contributed by atoms with E-state index >= 15 is 0 Å². The molecular formula is C13H12N4S. The van der Waals surface area contributed by atoms with Gasteiger partial charge >= 0.3 is 0 Å². The second-order valence-corrected chi connectivity index (χ2v) is 5.06. The van der Waals surface area contributed by atoms with Gasteiger partial charge in [0, 0.05) is 16.8 Å². The number of benzene rings is 1. The zero-order valence-corrected chi connectivity index (χ0v) is 10.7. The van der Waals surface area contributed by atoms with Gasteiger partial charge in [0.2, 0.25) is 0 Å². The van der Waals surface area contributed by atoms with Crippen molar-refractivity contribution in [1.82, 2.24) is 14.6 Å². The lowest BCUT2D eigenvalue weighted by atomic mass is 10.2. The monoisotopic (exact) mass is 256 g/mol. The molecule has 1 aromatic carbocycles. The van der Waals surface area contributed by atoms with Crippen LogP contribution in [-0.2, 0) is 0 Å². The normalized spacial score (nSPS) is 10.9. The molecule has 5 heteroatoms. The van der Waals surface area contributed by atoms with E-state index in [-0.39, 0.29) is 0 Å². The first-order chi connectivity index (χ1) is 8.74. The maximum absolute atomic E-state index is 6.00. The van der Waals surface area contributed by atoms with Gasteiger partial charge in [-0.25, -0.2) is 0 Å². The van der Waals surface area contributed by atoms with Crippen LogP contribution in [0.5, 0.6) is 0 Å². The van der Waals surface area contributed by atoms with Crippen LogP contribution in [0.1, 0.15) is 5.56 Å². The van der Waals surface area contributed by atoms with Crippen LogP contribution < -0.4 is 5.73 Å². The van der Waals surface area contributed by atoms with Gasteiger partial charge in [0.1, 0.15) is 0 Å². The first-order valence-electron chi connectivity index (χ1n) is 5.58. The Labute approximate surface area is 109 Å². The number of hydrogen-bond donors (Lipinski definition) is 1. The fourth-order valence-corrected chi connectivity index (χ4v) is 2.59. The number of anilines is 1. The number of nitrogen functional groups attached to an aromatic ring is 1. The van der Waals surface area contributed by atoms with Crippen molar-refractivity contribution in [1.29, 1.82) is 0 Å². The predicted octanol–water partition coefficient (Wildman–Crippen LogP) is 2.77. The number of pyridine rings is 1. The van der Waals surface area contributed by atoms with Crippen molar-refractivity contribution in [3.05, 3.63) is 48.2 Å². The van der Waals surface area contributed by atoms with Gasteiger partial charge in [-0.15, -0.1) is 10.2 Å². The number of rotatable bonds is 2. The Balaban J connectivity index is 2.01. The number of hydrogen-bond acceptors (Lipinski definition) is 4. The van der Waals surface area contributed by atoms with Gasteiger partial charge in [-0.1, -0.05) is 12.1 Å². The third kappa shape index (κ3) is 1.93. The summed E-state index contributed by atoms with van der Waals surface area (Å²) in [4.78, 5) is 0.999. The van der Waals surface area contributed by atoms with E-state index in [4.69, 9.17) is 5.73 Å². The first kappa shape index (κ1) is 11.1. The van der Waals surface area contributed by atoms with Gasteiger partial charge in [0.25, 0.3) is 0 Å². The summed E-state index contributed by atoms with van der Waals surface area (Å²) in [5.41, 5.74) is 8.77. The lowest BCUT2D eigenvalue weighted by molar-refractivity contribution is 0.921. The van der Waals surface area contributed by atoms with E-state index in [0.717, 1.165) is 26.9 Å². The molecule has 0 radical (unpaired) electrons. The molecule has 0 unspecified atom stereocenters. The standard InChI is InChI=1S/C13H12N4S/c1-9-5-6-11(10(14)8-9)18-13-16-15-12-4-2-3-7-17(12)13/h2-8H,14H2,1H3. The number of aryl methyl sites for hydroxylation is 1. The summed E-state index contributed by atoms with van der Waals surface area (Å²) in [6.45, 7) is 2.03. The second kappa shape index (κ2) is 4.34. The minimum Gasteiger partial charge on any atom is -0.398 e. The van der Waals surface area contributed by atoms with Crippen LogP contribution in [0.25, 0.3) is 5.65 Å². The van der Waals surface area contributed by atoms with E-state index in [0.29, 0.717) is 0 Å². The molecule has 0 amide bonds. The Morgan fingerprint density at radius 3 is 2.89 bits per heavy atom. The van der Waals surface area contributed by atoms with E-state index in [1.807, 2.05) is 53.9 Å². The van der Waals surface area contributed by atoms with E-state index in [1.54, 1.807) is 0 Å². The molecule has 0 atom stereocenters. The Morgan fingerprint density at radius 1 is 1.17 bits per heavy atom. The van der Waals surface area contributed by atoms with Gasteiger partial charge < -0.3 is 5.73 Å². The van der Waals surface area contributed by atoms with E-state index in [2.05, 4.69) is 10.2 Å². The third-order valence-electron chi connectivity index (χ3n) is 2.65. The van der Waals surface area contributed by atoms with Crippen molar-refractivity contribution >= 4 is 23.1 Å². The SMILES string of the molecule is Cc1ccc(Sc2nnc3ccccn23)c(N)c1. The summed E-state index contributed by atoms with van der Waals surface area (Å²) in [5.74, 6) is 0. The minimum atomic E-state index is 0.771. The van der Waals surface area contributed by atoms with Gasteiger partial charge in [0.05, 0.1) is 0 Å². The van der Waals surface area contributed by atoms with Crippen molar-refractivity contribution in [2.45, 2.75) is 17.0 Å². The van der Waals surface area contributed by atoms with Crippen molar-refractivity contribution in [2.75, 3.05) is 5.73 Å². The Morgan fingerprint density at radius 2 is 2.06 bits per heavy atom. The van der Waals surface area contributed by atoms with Crippen LogP contribution in [0.15, 0.2) is 52.6 Å². The molecule has 0 aliphatic carbocycles. The van der Waals surface area contributed by atoms with Gasteiger partial charge in [-0.05, 0) is 48.5 Å². The van der Waals surface area contributed by atoms with Crippen LogP contribution in [-0.4, -0.2) is 14.6 Å². The summed E-state index contributed by atoms with van der Waals surface area (Å²) in [6.07, 6.45) is 1.95. The lowest BCUT2D eigenvalue weighted by Gasteiger charge is -2.04. The molecule has 0 saturated carbocycles. The summed E-state index contributed by atoms with van der Waals surface area (Å²) in [6, 6.07) is 11.8. The first-order valence-corrected chi connectivity index (χ1v) is 6.39. The predicted molar refractivity (Wildman–Crippen MR) is 72.7 cm³/mol. The highest BCUT2D eigenvalue weighted by Gasteiger charge is 2.08. The second-order valence-electron chi connectivity index (χ2n) is 4.05. The van der Waals surface area contributed by atoms with Gasteiger partial charge in [0.15, 0.2) is 10.8 Å². The molecule has 0 fully saturated rings. The van der Waals surface area contributed by atoms with E-state index in [1.165, 1.54) is 11.8 Å². The molecule has 2 N–H and O–H groups in total. The molecule has 0 aliphatic heterocycles. The Hall–Kier alpha value is -2.01. The third-order valence-corrected chi connectivity index (χ3v) is 3.70. The van der Waals surface area contributed by atoms with Crippen LogP contribution in [0.4, 0.5) is 5.69 Å². The molecule has 0 aliphatic rings. The van der Waals surface area contributed by atoms with Crippen LogP contribution in [0.3, 0.4) is 0 Å². The zero-order chi connectivity index (χ0) is 12.5. The number of nitrogens with two attached hydrogens (primary N) is 1. The minimum absolute atomic E-state index is 0.771. The van der Waals surface area contributed by atoms with E-state index < -0.39 is 0 Å². The molecule has 3 aromatic rings. The molecular weight excluding hydrogens is 244 g/mol. The summed E-state index contributed by atoms with van der Waals surface area (Å²) >= 11 is 1.52. The molecule has 90 valence electrons. The average molecular weight is 256 g/mol. The van der Waals surface area contributed by atoms with Crippen molar-refractivity contribution in [3.8, 4) is 0 Å². The summed E-state index contributed by atoms with van der Waals surface area (Å²) < 4.78 is 1.95. The molecule has 3 rings (SSSR count). The molecule has 18 heavy (non-hydrogen) atoms. The molecule has 0 bridgehead atoms.